The van der Waals surface area contributed by atoms with Crippen LogP contribution in [0.3, 0.4) is 0 Å². The molecule has 0 atom stereocenters. The van der Waals surface area contributed by atoms with Gasteiger partial charge in [-0.15, -0.1) is 0 Å². The minimum atomic E-state index is -0.971. The lowest BCUT2D eigenvalue weighted by Gasteiger charge is -2.13. The molecule has 2 N–H and O–H groups in total. The molecule has 2 rings (SSSR count). The summed E-state index contributed by atoms with van der Waals surface area (Å²) in [5.41, 5.74) is 3.34. The van der Waals surface area contributed by atoms with Gasteiger partial charge in [0.25, 0.3) is 0 Å². The van der Waals surface area contributed by atoms with Crippen molar-refractivity contribution in [2.24, 2.45) is 0 Å². The number of hydrogen-bond donors (Lipinski definition) is 2. The number of carboxylic acids is 1. The summed E-state index contributed by atoms with van der Waals surface area (Å²) in [6.45, 7) is 6.61. The maximum atomic E-state index is 11.0. The quantitative estimate of drug-likeness (QED) is 0.749. The summed E-state index contributed by atoms with van der Waals surface area (Å²) >= 11 is 5.26. The van der Waals surface area contributed by atoms with Crippen molar-refractivity contribution in [3.05, 3.63) is 59.2 Å². The SMILES string of the molecule is Cc1cc(OCC(=S)Nc2cccc(C(=O)O)c2)ccc1C(C)C. The summed E-state index contributed by atoms with van der Waals surface area (Å²) < 4.78 is 5.71. The van der Waals surface area contributed by atoms with E-state index in [0.717, 1.165) is 5.75 Å². The first kappa shape index (κ1) is 17.9. The lowest BCUT2D eigenvalue weighted by Crippen LogP contribution is -2.18. The van der Waals surface area contributed by atoms with Gasteiger partial charge in [0.1, 0.15) is 17.3 Å². The molecule has 5 heteroatoms. The number of rotatable bonds is 6. The molecule has 0 aromatic heterocycles. The van der Waals surface area contributed by atoms with E-state index in [0.29, 0.717) is 16.6 Å². The smallest absolute Gasteiger partial charge is 0.335 e. The van der Waals surface area contributed by atoms with E-state index in [4.69, 9.17) is 22.1 Å². The Morgan fingerprint density at radius 3 is 2.62 bits per heavy atom. The van der Waals surface area contributed by atoms with Crippen LogP contribution >= 0.6 is 12.2 Å². The average Bonchev–Trinajstić information content (AvgIpc) is 2.53. The first-order valence-electron chi connectivity index (χ1n) is 7.73. The average molecular weight is 343 g/mol. The number of nitrogens with one attached hydrogen (secondary N) is 1. The number of benzene rings is 2. The van der Waals surface area contributed by atoms with E-state index in [2.05, 4.69) is 32.2 Å². The second-order valence-corrected chi connectivity index (χ2v) is 6.39. The molecule has 0 bridgehead atoms. The lowest BCUT2D eigenvalue weighted by atomic mass is 9.98. The standard InChI is InChI=1S/C19H21NO3S/c1-12(2)17-8-7-16(9-13(17)3)23-11-18(24)20-15-6-4-5-14(10-15)19(21)22/h4-10,12H,11H2,1-3H3,(H,20,24)(H,21,22). The molecule has 0 aliphatic carbocycles. The van der Waals surface area contributed by atoms with E-state index in [9.17, 15) is 4.79 Å². The molecular formula is C19H21NO3S. The molecule has 2 aromatic carbocycles. The summed E-state index contributed by atoms with van der Waals surface area (Å²) in [4.78, 5) is 11.5. The molecule has 4 nitrogen and oxygen atoms in total. The van der Waals surface area contributed by atoms with E-state index in [1.165, 1.54) is 23.3 Å². The number of hydrogen-bond acceptors (Lipinski definition) is 3. The molecule has 0 aliphatic heterocycles. The van der Waals surface area contributed by atoms with Gasteiger partial charge in [0.15, 0.2) is 0 Å². The second kappa shape index (κ2) is 7.93. The molecule has 0 aliphatic rings. The van der Waals surface area contributed by atoms with Crippen LogP contribution in [0.5, 0.6) is 5.75 Å². The van der Waals surface area contributed by atoms with Crippen molar-refractivity contribution in [2.75, 3.05) is 11.9 Å². The first-order chi connectivity index (χ1) is 11.4. The molecular weight excluding hydrogens is 322 g/mol. The van der Waals surface area contributed by atoms with E-state index in [-0.39, 0.29) is 12.2 Å². The molecule has 2 aromatic rings. The molecule has 0 spiro atoms. The largest absolute Gasteiger partial charge is 0.486 e. The first-order valence-corrected chi connectivity index (χ1v) is 8.14. The maximum Gasteiger partial charge on any atom is 0.335 e. The molecule has 0 amide bonds. The van der Waals surface area contributed by atoms with Crippen LogP contribution in [0.2, 0.25) is 0 Å². The summed E-state index contributed by atoms with van der Waals surface area (Å²) in [5.74, 6) is 0.269. The Bertz CT molecular complexity index is 756. The van der Waals surface area contributed by atoms with E-state index < -0.39 is 5.97 Å². The predicted molar refractivity (Wildman–Crippen MR) is 100 cm³/mol. The van der Waals surface area contributed by atoms with E-state index in [1.54, 1.807) is 12.1 Å². The van der Waals surface area contributed by atoms with Gasteiger partial charge in [0.05, 0.1) is 5.56 Å². The fourth-order valence-corrected chi connectivity index (χ4v) is 2.64. The Kier molecular flexibility index (Phi) is 5.93. The topological polar surface area (TPSA) is 58.6 Å². The van der Waals surface area contributed by atoms with Gasteiger partial charge in [-0.3, -0.25) is 0 Å². The summed E-state index contributed by atoms with van der Waals surface area (Å²) in [6, 6.07) is 12.5. The minimum absolute atomic E-state index is 0.212. The second-order valence-electron chi connectivity index (χ2n) is 5.90. The van der Waals surface area contributed by atoms with Crippen molar-refractivity contribution in [2.45, 2.75) is 26.7 Å². The number of carbonyl (C=O) groups is 1. The number of ether oxygens (including phenoxy) is 1. The van der Waals surface area contributed by atoms with Crippen molar-refractivity contribution in [3.63, 3.8) is 0 Å². The monoisotopic (exact) mass is 343 g/mol. The van der Waals surface area contributed by atoms with Crippen molar-refractivity contribution < 1.29 is 14.6 Å². The zero-order chi connectivity index (χ0) is 17.7. The fraction of sp³-hybridized carbons (Fsp3) is 0.263. The Hall–Kier alpha value is -2.40. The molecule has 126 valence electrons. The van der Waals surface area contributed by atoms with E-state index >= 15 is 0 Å². The molecule has 0 radical (unpaired) electrons. The van der Waals surface area contributed by atoms with Crippen LogP contribution < -0.4 is 10.1 Å². The third-order valence-corrected chi connectivity index (χ3v) is 3.85. The number of carboxylic acid groups (broad SMARTS) is 1. The number of aromatic carboxylic acids is 1. The Morgan fingerprint density at radius 1 is 1.25 bits per heavy atom. The van der Waals surface area contributed by atoms with Gasteiger partial charge < -0.3 is 15.2 Å². The van der Waals surface area contributed by atoms with Crippen molar-refractivity contribution in [1.82, 2.24) is 0 Å². The highest BCUT2D eigenvalue weighted by molar-refractivity contribution is 7.80. The molecule has 0 fully saturated rings. The molecule has 0 heterocycles. The van der Waals surface area contributed by atoms with Crippen LogP contribution in [0, 0.1) is 6.92 Å². The van der Waals surface area contributed by atoms with Gasteiger partial charge in [-0.25, -0.2) is 4.79 Å². The zero-order valence-electron chi connectivity index (χ0n) is 14.0. The molecule has 24 heavy (non-hydrogen) atoms. The summed E-state index contributed by atoms with van der Waals surface area (Å²) in [7, 11) is 0. The van der Waals surface area contributed by atoms with Gasteiger partial charge in [-0.05, 0) is 54.3 Å². The van der Waals surface area contributed by atoms with Gasteiger partial charge in [0, 0.05) is 5.69 Å². The Labute approximate surface area is 147 Å². The number of aryl methyl sites for hydroxylation is 1. The van der Waals surface area contributed by atoms with Gasteiger partial charge in [-0.2, -0.15) is 0 Å². The highest BCUT2D eigenvalue weighted by Crippen LogP contribution is 2.23. The van der Waals surface area contributed by atoms with Crippen molar-refractivity contribution >= 4 is 28.9 Å². The van der Waals surface area contributed by atoms with Crippen LogP contribution in [0.1, 0.15) is 41.3 Å². The number of anilines is 1. The van der Waals surface area contributed by atoms with Crippen molar-refractivity contribution in [1.29, 1.82) is 0 Å². The summed E-state index contributed by atoms with van der Waals surface area (Å²) in [5, 5.41) is 12.0. The Morgan fingerprint density at radius 2 is 2.00 bits per heavy atom. The van der Waals surface area contributed by atoms with Crippen LogP contribution in [0.15, 0.2) is 42.5 Å². The van der Waals surface area contributed by atoms with Crippen LogP contribution in [0.25, 0.3) is 0 Å². The molecule has 0 saturated carbocycles. The number of thiocarbonyl (C=S) groups is 1. The third kappa shape index (κ3) is 4.80. The van der Waals surface area contributed by atoms with E-state index in [1.807, 2.05) is 12.1 Å². The lowest BCUT2D eigenvalue weighted by molar-refractivity contribution is 0.0697. The van der Waals surface area contributed by atoms with Gasteiger partial charge in [-0.1, -0.05) is 38.2 Å². The van der Waals surface area contributed by atoms with Crippen LogP contribution in [0.4, 0.5) is 5.69 Å². The van der Waals surface area contributed by atoms with Gasteiger partial charge >= 0.3 is 5.97 Å². The highest BCUT2D eigenvalue weighted by atomic mass is 32.1. The highest BCUT2D eigenvalue weighted by Gasteiger charge is 2.07. The molecule has 0 saturated heterocycles. The Balaban J connectivity index is 1.95. The van der Waals surface area contributed by atoms with Crippen LogP contribution in [-0.2, 0) is 0 Å². The third-order valence-electron chi connectivity index (χ3n) is 3.63. The fourth-order valence-electron chi connectivity index (χ4n) is 2.46. The van der Waals surface area contributed by atoms with Gasteiger partial charge in [0.2, 0.25) is 0 Å². The molecule has 0 unspecified atom stereocenters. The summed E-state index contributed by atoms with van der Waals surface area (Å²) in [6.07, 6.45) is 0. The minimum Gasteiger partial charge on any atom is -0.486 e. The van der Waals surface area contributed by atoms with Crippen LogP contribution in [-0.4, -0.2) is 22.7 Å². The zero-order valence-corrected chi connectivity index (χ0v) is 14.8. The normalized spacial score (nSPS) is 10.5. The maximum absolute atomic E-state index is 11.0. The van der Waals surface area contributed by atoms with Crippen molar-refractivity contribution in [3.8, 4) is 5.75 Å². The predicted octanol–water partition coefficient (Wildman–Crippen LogP) is 4.63.